The molecule has 0 heterocycles. The van der Waals surface area contributed by atoms with Crippen molar-refractivity contribution < 1.29 is 9.22 Å². The summed E-state index contributed by atoms with van der Waals surface area (Å²) in [4.78, 5) is 11.0. The highest BCUT2D eigenvalue weighted by Crippen LogP contribution is 2.46. The Balaban J connectivity index is 2.09. The van der Waals surface area contributed by atoms with Gasteiger partial charge >= 0.3 is 5.97 Å². The molecule has 0 spiro atoms. The van der Waals surface area contributed by atoms with E-state index in [9.17, 15) is 4.79 Å². The van der Waals surface area contributed by atoms with E-state index in [2.05, 4.69) is 37.3 Å². The van der Waals surface area contributed by atoms with Gasteiger partial charge < -0.3 is 0 Å². The molecule has 19 heavy (non-hydrogen) atoms. The van der Waals surface area contributed by atoms with Crippen molar-refractivity contribution in [2.75, 3.05) is 0 Å². The summed E-state index contributed by atoms with van der Waals surface area (Å²) >= 11 is 0. The lowest BCUT2D eigenvalue weighted by molar-refractivity contribution is -0.371. The van der Waals surface area contributed by atoms with Crippen LogP contribution in [-0.2, 0) is 9.22 Å². The molecule has 2 heteroatoms. The number of hydrogen-bond acceptors (Lipinski definition) is 1. The molecular formula is C17H17O2+. The van der Waals surface area contributed by atoms with Crippen molar-refractivity contribution in [3.63, 3.8) is 0 Å². The van der Waals surface area contributed by atoms with Crippen molar-refractivity contribution in [1.82, 2.24) is 0 Å². The van der Waals surface area contributed by atoms with E-state index in [1.54, 1.807) is 6.29 Å². The molecule has 1 unspecified atom stereocenters. The average Bonchev–Trinajstić information content (AvgIpc) is 2.70. The van der Waals surface area contributed by atoms with Gasteiger partial charge in [0.05, 0.1) is 12.8 Å². The number of hydrogen-bond donors (Lipinski definition) is 0. The number of benzene rings is 1. The van der Waals surface area contributed by atoms with Crippen molar-refractivity contribution in [2.24, 2.45) is 5.92 Å². The zero-order valence-corrected chi connectivity index (χ0v) is 11.2. The Bertz CT molecular complexity index is 620. The van der Waals surface area contributed by atoms with Gasteiger partial charge in [0.25, 0.3) is 0 Å². The lowest BCUT2D eigenvalue weighted by Crippen LogP contribution is -2.05. The molecule has 2 aliphatic rings. The third-order valence-electron chi connectivity index (χ3n) is 3.80. The first-order valence-corrected chi connectivity index (χ1v) is 6.68. The Morgan fingerprint density at radius 1 is 1.37 bits per heavy atom. The second kappa shape index (κ2) is 4.61. The zero-order chi connectivity index (χ0) is 13.4. The van der Waals surface area contributed by atoms with Gasteiger partial charge in [-0.05, 0) is 34.6 Å². The fourth-order valence-corrected chi connectivity index (χ4v) is 2.95. The molecule has 0 saturated carbocycles. The van der Waals surface area contributed by atoms with Crippen LogP contribution < -0.4 is 0 Å². The summed E-state index contributed by atoms with van der Waals surface area (Å²) in [5.74, 6) is 0.387. The maximum absolute atomic E-state index is 11.0. The molecule has 0 aromatic heterocycles. The maximum atomic E-state index is 11.0. The van der Waals surface area contributed by atoms with Crippen molar-refractivity contribution in [3.8, 4) is 0 Å². The minimum absolute atomic E-state index is 0.0823. The van der Waals surface area contributed by atoms with Gasteiger partial charge in [-0.1, -0.05) is 43.3 Å². The van der Waals surface area contributed by atoms with Crippen LogP contribution in [0.15, 0.2) is 42.0 Å². The second-order valence-corrected chi connectivity index (χ2v) is 5.28. The van der Waals surface area contributed by atoms with E-state index >= 15 is 0 Å². The van der Waals surface area contributed by atoms with E-state index in [-0.39, 0.29) is 11.9 Å². The summed E-state index contributed by atoms with van der Waals surface area (Å²) in [5, 5.41) is 0. The quantitative estimate of drug-likeness (QED) is 0.557. The van der Waals surface area contributed by atoms with E-state index in [0.717, 1.165) is 6.42 Å². The van der Waals surface area contributed by atoms with Crippen molar-refractivity contribution in [1.29, 1.82) is 0 Å². The van der Waals surface area contributed by atoms with Crippen LogP contribution in [0.3, 0.4) is 0 Å². The van der Waals surface area contributed by atoms with Gasteiger partial charge in [-0.2, -0.15) is 0 Å². The third-order valence-corrected chi connectivity index (χ3v) is 3.80. The Morgan fingerprint density at radius 2 is 2.16 bits per heavy atom. The number of fused-ring (bicyclic) bond motifs is 2. The standard InChI is InChI=1S/C17H17O2/c1-11-7-8-15-16(9-11)13-5-3-4-6-14(13)17(15)10-19-12(2)18/h3-8,10-11,17H,9H2,1-2H3/q+1/t11-,17?/m0/s1. The molecule has 0 bridgehead atoms. The van der Waals surface area contributed by atoms with Crippen molar-refractivity contribution >= 4 is 17.8 Å². The van der Waals surface area contributed by atoms with Crippen LogP contribution in [0.25, 0.3) is 5.57 Å². The molecule has 0 N–H and O–H groups in total. The van der Waals surface area contributed by atoms with Gasteiger partial charge in [0.2, 0.25) is 6.29 Å². The van der Waals surface area contributed by atoms with Gasteiger partial charge in [0.15, 0.2) is 0 Å². The molecule has 0 aliphatic heterocycles. The monoisotopic (exact) mass is 253 g/mol. The fraction of sp³-hybridized carbons (Fsp3) is 0.294. The summed E-state index contributed by atoms with van der Waals surface area (Å²) in [6.45, 7) is 3.66. The van der Waals surface area contributed by atoms with E-state index in [4.69, 9.17) is 4.42 Å². The van der Waals surface area contributed by atoms with Crippen LogP contribution >= 0.6 is 0 Å². The van der Waals surface area contributed by atoms with Crippen LogP contribution in [0.2, 0.25) is 0 Å². The van der Waals surface area contributed by atoms with E-state index in [1.165, 1.54) is 29.2 Å². The molecule has 2 nitrogen and oxygen atoms in total. The summed E-state index contributed by atoms with van der Waals surface area (Å²) in [5.41, 5.74) is 5.23. The minimum Gasteiger partial charge on any atom is -0.284 e. The lowest BCUT2D eigenvalue weighted by Gasteiger charge is -2.15. The predicted octanol–water partition coefficient (Wildman–Crippen LogP) is 3.41. The maximum Gasteiger partial charge on any atom is 0.576 e. The normalized spacial score (nSPS) is 24.7. The number of allylic oxidation sites excluding steroid dienone is 4. The SMILES string of the molecule is CC(=O)[O+]=CC1C2=C(C[C@@H](C)C=C2)c2ccccc21. The topological polar surface area (TPSA) is 28.4 Å². The number of carbonyl (C=O) groups excluding carboxylic acids is 2. The Labute approximate surface area is 113 Å². The molecule has 0 saturated heterocycles. The van der Waals surface area contributed by atoms with E-state index in [0.29, 0.717) is 5.92 Å². The molecule has 0 radical (unpaired) electrons. The van der Waals surface area contributed by atoms with Gasteiger partial charge in [0.1, 0.15) is 0 Å². The van der Waals surface area contributed by atoms with E-state index < -0.39 is 0 Å². The Hall–Kier alpha value is -1.96. The van der Waals surface area contributed by atoms with Gasteiger partial charge in [0, 0.05) is 4.79 Å². The minimum atomic E-state index is -0.264. The number of rotatable bonds is 1. The highest BCUT2D eigenvalue weighted by Gasteiger charge is 2.32. The van der Waals surface area contributed by atoms with Crippen LogP contribution in [0.1, 0.15) is 37.3 Å². The summed E-state index contributed by atoms with van der Waals surface area (Å²) in [6.07, 6.45) is 7.16. The molecular weight excluding hydrogens is 236 g/mol. The molecule has 1 aromatic rings. The van der Waals surface area contributed by atoms with Crippen LogP contribution in [-0.4, -0.2) is 12.3 Å². The lowest BCUT2D eigenvalue weighted by atomic mass is 9.89. The molecule has 96 valence electrons. The highest BCUT2D eigenvalue weighted by molar-refractivity contribution is 5.90. The van der Waals surface area contributed by atoms with Gasteiger partial charge in [-0.25, -0.2) is 0 Å². The Morgan fingerprint density at radius 3 is 2.95 bits per heavy atom. The first-order valence-electron chi connectivity index (χ1n) is 6.68. The molecule has 2 atom stereocenters. The van der Waals surface area contributed by atoms with Crippen LogP contribution in [0.4, 0.5) is 0 Å². The summed E-state index contributed by atoms with van der Waals surface area (Å²) in [6, 6.07) is 8.40. The summed E-state index contributed by atoms with van der Waals surface area (Å²) in [7, 11) is 0. The molecule has 0 fully saturated rings. The van der Waals surface area contributed by atoms with Crippen LogP contribution in [0, 0.1) is 5.92 Å². The predicted molar refractivity (Wildman–Crippen MR) is 75.8 cm³/mol. The third kappa shape index (κ3) is 2.07. The van der Waals surface area contributed by atoms with Gasteiger partial charge in [-0.3, -0.25) is 4.42 Å². The number of carbonyl (C=O) groups is 1. The van der Waals surface area contributed by atoms with Crippen molar-refractivity contribution in [3.05, 3.63) is 53.1 Å². The molecule has 0 amide bonds. The van der Waals surface area contributed by atoms with Crippen LogP contribution in [0.5, 0.6) is 0 Å². The van der Waals surface area contributed by atoms with E-state index in [1.807, 2.05) is 6.07 Å². The highest BCUT2D eigenvalue weighted by atomic mass is 16.4. The zero-order valence-electron chi connectivity index (χ0n) is 11.2. The molecule has 1 aromatic carbocycles. The molecule has 3 rings (SSSR count). The Kier molecular flexibility index (Phi) is 2.94. The smallest absolute Gasteiger partial charge is 0.284 e. The van der Waals surface area contributed by atoms with Gasteiger partial charge in [-0.15, -0.1) is 0 Å². The first kappa shape index (κ1) is 12.1. The average molecular weight is 253 g/mol. The summed E-state index contributed by atoms with van der Waals surface area (Å²) < 4.78 is 5.13. The molecule has 2 aliphatic carbocycles. The fourth-order valence-electron chi connectivity index (χ4n) is 2.95. The first-order chi connectivity index (χ1) is 9.16. The largest absolute Gasteiger partial charge is 0.576 e. The number of aldehydes is 1. The van der Waals surface area contributed by atoms with Crippen molar-refractivity contribution in [2.45, 2.75) is 26.2 Å². The second-order valence-electron chi connectivity index (χ2n) is 5.28.